The SMILES string of the molecule is CC(=O)N1CCC(N2CC3(CN(C(C)=O)C[C@@H]4COCCN43)C2)CC1. The molecule has 0 bridgehead atoms. The van der Waals surface area contributed by atoms with Crippen LogP contribution < -0.4 is 0 Å². The number of piperazine rings is 1. The van der Waals surface area contributed by atoms with Crippen LogP contribution in [-0.4, -0.2) is 108 Å². The molecular formula is C18H30N4O3. The summed E-state index contributed by atoms with van der Waals surface area (Å²) in [6.45, 7) is 11.3. The normalized spacial score (nSPS) is 30.9. The minimum Gasteiger partial charge on any atom is -0.378 e. The highest BCUT2D eigenvalue weighted by atomic mass is 16.5. The van der Waals surface area contributed by atoms with E-state index in [0.717, 1.165) is 71.9 Å². The predicted octanol–water partition coefficient (Wildman–Crippen LogP) is -0.385. The van der Waals surface area contributed by atoms with E-state index in [4.69, 9.17) is 4.74 Å². The first kappa shape index (κ1) is 17.2. The zero-order valence-electron chi connectivity index (χ0n) is 15.4. The van der Waals surface area contributed by atoms with Crippen molar-refractivity contribution < 1.29 is 14.3 Å². The van der Waals surface area contributed by atoms with Crippen molar-refractivity contribution in [3.8, 4) is 0 Å². The van der Waals surface area contributed by atoms with Crippen molar-refractivity contribution in [3.63, 3.8) is 0 Å². The fourth-order valence-electron chi connectivity index (χ4n) is 5.23. The van der Waals surface area contributed by atoms with Crippen LogP contribution in [0, 0.1) is 0 Å². The number of fused-ring (bicyclic) bond motifs is 2. The fourth-order valence-corrected chi connectivity index (χ4v) is 5.23. The number of hydrogen-bond acceptors (Lipinski definition) is 5. The van der Waals surface area contributed by atoms with Gasteiger partial charge in [0.15, 0.2) is 0 Å². The van der Waals surface area contributed by atoms with E-state index in [2.05, 4.69) is 9.80 Å². The van der Waals surface area contributed by atoms with Gasteiger partial charge in [0, 0.05) is 65.7 Å². The van der Waals surface area contributed by atoms with Crippen molar-refractivity contribution >= 4 is 11.8 Å². The minimum atomic E-state index is 0.107. The monoisotopic (exact) mass is 350 g/mol. The summed E-state index contributed by atoms with van der Waals surface area (Å²) in [5, 5.41) is 0. The molecule has 0 aromatic carbocycles. The summed E-state index contributed by atoms with van der Waals surface area (Å²) in [6, 6.07) is 0.918. The van der Waals surface area contributed by atoms with E-state index in [0.29, 0.717) is 12.1 Å². The summed E-state index contributed by atoms with van der Waals surface area (Å²) in [6.07, 6.45) is 2.14. The third-order valence-corrected chi connectivity index (χ3v) is 6.62. The van der Waals surface area contributed by atoms with E-state index in [1.807, 2.05) is 9.80 Å². The van der Waals surface area contributed by atoms with E-state index < -0.39 is 0 Å². The molecule has 0 aromatic rings. The van der Waals surface area contributed by atoms with E-state index >= 15 is 0 Å². The molecule has 4 saturated heterocycles. The first-order chi connectivity index (χ1) is 12.0. The lowest BCUT2D eigenvalue weighted by atomic mass is 9.80. The lowest BCUT2D eigenvalue weighted by molar-refractivity contribution is -0.181. The second-order valence-corrected chi connectivity index (χ2v) is 8.19. The lowest BCUT2D eigenvalue weighted by Gasteiger charge is -2.65. The summed E-state index contributed by atoms with van der Waals surface area (Å²) >= 11 is 0. The number of carbonyl (C=O) groups is 2. The average molecular weight is 350 g/mol. The summed E-state index contributed by atoms with van der Waals surface area (Å²) < 4.78 is 5.68. The molecule has 7 heteroatoms. The molecule has 4 fully saturated rings. The Morgan fingerprint density at radius 2 is 1.60 bits per heavy atom. The molecule has 0 unspecified atom stereocenters. The maximum atomic E-state index is 12.0. The molecule has 4 aliphatic rings. The molecule has 140 valence electrons. The fraction of sp³-hybridized carbons (Fsp3) is 0.889. The number of piperidine rings is 1. The molecule has 2 amide bonds. The van der Waals surface area contributed by atoms with Gasteiger partial charge in [0.1, 0.15) is 0 Å². The second kappa shape index (κ2) is 6.52. The highest BCUT2D eigenvalue weighted by Gasteiger charge is 2.55. The first-order valence-electron chi connectivity index (χ1n) is 9.58. The lowest BCUT2D eigenvalue weighted by Crippen LogP contribution is -2.81. The van der Waals surface area contributed by atoms with E-state index in [9.17, 15) is 9.59 Å². The number of nitrogens with zero attached hydrogens (tertiary/aromatic N) is 4. The Hall–Kier alpha value is -1.18. The van der Waals surface area contributed by atoms with Crippen molar-refractivity contribution in [2.24, 2.45) is 0 Å². The van der Waals surface area contributed by atoms with Crippen molar-refractivity contribution in [3.05, 3.63) is 0 Å². The zero-order chi connectivity index (χ0) is 17.6. The quantitative estimate of drug-likeness (QED) is 0.645. The molecular weight excluding hydrogens is 320 g/mol. The molecule has 0 aliphatic carbocycles. The summed E-state index contributed by atoms with van der Waals surface area (Å²) in [5.41, 5.74) is 0.107. The Morgan fingerprint density at radius 1 is 0.920 bits per heavy atom. The van der Waals surface area contributed by atoms with Crippen LogP contribution in [0.3, 0.4) is 0 Å². The number of carbonyl (C=O) groups excluding carboxylic acids is 2. The van der Waals surface area contributed by atoms with Crippen molar-refractivity contribution in [2.45, 2.75) is 44.3 Å². The number of hydrogen-bond donors (Lipinski definition) is 0. The average Bonchev–Trinajstić information content (AvgIpc) is 2.58. The standard InChI is InChI=1S/C18H30N4O3/c1-14(23)19-5-3-16(4-6-19)21-12-18(13-21)11-20(15(2)24)9-17-10-25-8-7-22(17)18/h16-17H,3-13H2,1-2H3/t17-/m1/s1. The molecule has 1 spiro atoms. The van der Waals surface area contributed by atoms with Gasteiger partial charge in [0.05, 0.1) is 24.8 Å². The molecule has 0 aromatic heterocycles. The third-order valence-electron chi connectivity index (χ3n) is 6.62. The molecule has 4 aliphatic heterocycles. The van der Waals surface area contributed by atoms with Crippen molar-refractivity contribution in [2.75, 3.05) is 59.0 Å². The maximum Gasteiger partial charge on any atom is 0.219 e. The number of amides is 2. The number of ether oxygens (including phenoxy) is 1. The van der Waals surface area contributed by atoms with Crippen LogP contribution in [0.4, 0.5) is 0 Å². The van der Waals surface area contributed by atoms with Crippen molar-refractivity contribution in [1.82, 2.24) is 19.6 Å². The van der Waals surface area contributed by atoms with Crippen LogP contribution >= 0.6 is 0 Å². The first-order valence-corrected chi connectivity index (χ1v) is 9.58. The van der Waals surface area contributed by atoms with Gasteiger partial charge in [-0.05, 0) is 12.8 Å². The van der Waals surface area contributed by atoms with Gasteiger partial charge in [-0.3, -0.25) is 19.4 Å². The topological polar surface area (TPSA) is 56.3 Å². The van der Waals surface area contributed by atoms with Gasteiger partial charge >= 0.3 is 0 Å². The molecule has 1 atom stereocenters. The van der Waals surface area contributed by atoms with E-state index in [1.54, 1.807) is 13.8 Å². The highest BCUT2D eigenvalue weighted by molar-refractivity contribution is 5.74. The third kappa shape index (κ3) is 3.06. The smallest absolute Gasteiger partial charge is 0.219 e. The highest BCUT2D eigenvalue weighted by Crippen LogP contribution is 2.38. The molecule has 0 saturated carbocycles. The summed E-state index contributed by atoms with van der Waals surface area (Å²) in [4.78, 5) is 32.7. The molecule has 0 N–H and O–H groups in total. The van der Waals surface area contributed by atoms with Crippen LogP contribution in [0.15, 0.2) is 0 Å². The Bertz CT molecular complexity index is 540. The number of rotatable bonds is 1. The molecule has 4 heterocycles. The summed E-state index contributed by atoms with van der Waals surface area (Å²) in [5.74, 6) is 0.372. The van der Waals surface area contributed by atoms with Gasteiger partial charge in [-0.2, -0.15) is 0 Å². The molecule has 25 heavy (non-hydrogen) atoms. The summed E-state index contributed by atoms with van der Waals surface area (Å²) in [7, 11) is 0. The van der Waals surface area contributed by atoms with Gasteiger partial charge < -0.3 is 14.5 Å². The van der Waals surface area contributed by atoms with Crippen LogP contribution in [-0.2, 0) is 14.3 Å². The van der Waals surface area contributed by atoms with E-state index in [1.165, 1.54) is 0 Å². The van der Waals surface area contributed by atoms with Crippen molar-refractivity contribution in [1.29, 1.82) is 0 Å². The van der Waals surface area contributed by atoms with E-state index in [-0.39, 0.29) is 17.4 Å². The maximum absolute atomic E-state index is 12.0. The van der Waals surface area contributed by atoms with Crippen LogP contribution in [0.25, 0.3) is 0 Å². The Balaban J connectivity index is 1.40. The largest absolute Gasteiger partial charge is 0.378 e. The Kier molecular flexibility index (Phi) is 4.50. The zero-order valence-corrected chi connectivity index (χ0v) is 15.4. The molecule has 0 radical (unpaired) electrons. The second-order valence-electron chi connectivity index (χ2n) is 8.19. The van der Waals surface area contributed by atoms with Crippen LogP contribution in [0.5, 0.6) is 0 Å². The number of morpholine rings is 1. The van der Waals surface area contributed by atoms with Crippen LogP contribution in [0.1, 0.15) is 26.7 Å². The van der Waals surface area contributed by atoms with Gasteiger partial charge in [-0.15, -0.1) is 0 Å². The molecule has 4 rings (SSSR count). The van der Waals surface area contributed by atoms with Crippen LogP contribution in [0.2, 0.25) is 0 Å². The van der Waals surface area contributed by atoms with Gasteiger partial charge in [0.25, 0.3) is 0 Å². The minimum absolute atomic E-state index is 0.107. The number of likely N-dealkylation sites (tertiary alicyclic amines) is 2. The van der Waals surface area contributed by atoms with Gasteiger partial charge in [-0.1, -0.05) is 0 Å². The Labute approximate surface area is 149 Å². The van der Waals surface area contributed by atoms with Gasteiger partial charge in [0.2, 0.25) is 11.8 Å². The van der Waals surface area contributed by atoms with Gasteiger partial charge in [-0.25, -0.2) is 0 Å². The predicted molar refractivity (Wildman–Crippen MR) is 93.1 cm³/mol. The molecule has 7 nitrogen and oxygen atoms in total. The Morgan fingerprint density at radius 3 is 2.24 bits per heavy atom.